The lowest BCUT2D eigenvalue weighted by atomic mass is 10.1. The van der Waals surface area contributed by atoms with E-state index in [9.17, 15) is 12.6 Å². The fraction of sp³-hybridized carbons (Fsp3) is 0.538. The van der Waals surface area contributed by atoms with Gasteiger partial charge >= 0.3 is 0 Å². The fourth-order valence-electron chi connectivity index (χ4n) is 2.17. The van der Waals surface area contributed by atoms with Gasteiger partial charge in [0.25, 0.3) is 0 Å². The molecule has 0 bridgehead atoms. The average molecular weight is 301 g/mol. The van der Waals surface area contributed by atoms with Gasteiger partial charge in [0.1, 0.15) is 0 Å². The summed E-state index contributed by atoms with van der Waals surface area (Å²) < 4.78 is 35.4. The summed E-state index contributed by atoms with van der Waals surface area (Å²) in [6, 6.07) is 7.23. The van der Waals surface area contributed by atoms with E-state index >= 15 is 0 Å². The predicted molar refractivity (Wildman–Crippen MR) is 78.7 cm³/mol. The summed E-state index contributed by atoms with van der Waals surface area (Å²) in [5.74, 6) is 1.49. The molecule has 0 atom stereocenters. The number of para-hydroxylation sites is 1. The van der Waals surface area contributed by atoms with Gasteiger partial charge in [-0.15, -0.1) is 0 Å². The SMILES string of the molecule is CCS(=O)(=O)c1ccccc1NC1CCS(=O)CC1. The zero-order valence-electron chi connectivity index (χ0n) is 11.0. The van der Waals surface area contributed by atoms with Crippen molar-refractivity contribution in [2.75, 3.05) is 22.6 Å². The van der Waals surface area contributed by atoms with Crippen molar-refractivity contribution in [1.82, 2.24) is 0 Å². The maximum Gasteiger partial charge on any atom is 0.180 e. The van der Waals surface area contributed by atoms with Crippen molar-refractivity contribution in [2.45, 2.75) is 30.7 Å². The van der Waals surface area contributed by atoms with E-state index in [0.717, 1.165) is 12.8 Å². The maximum atomic E-state index is 12.0. The van der Waals surface area contributed by atoms with Crippen LogP contribution in [0.2, 0.25) is 0 Å². The highest BCUT2D eigenvalue weighted by atomic mass is 32.2. The maximum absolute atomic E-state index is 12.0. The van der Waals surface area contributed by atoms with Gasteiger partial charge in [-0.25, -0.2) is 8.42 Å². The fourth-order valence-corrected chi connectivity index (χ4v) is 4.53. The number of benzene rings is 1. The van der Waals surface area contributed by atoms with Gasteiger partial charge in [0.05, 0.1) is 16.3 Å². The largest absolute Gasteiger partial charge is 0.381 e. The molecule has 106 valence electrons. The van der Waals surface area contributed by atoms with E-state index in [0.29, 0.717) is 22.1 Å². The van der Waals surface area contributed by atoms with E-state index in [-0.39, 0.29) is 11.8 Å². The van der Waals surface area contributed by atoms with Crippen LogP contribution in [0.25, 0.3) is 0 Å². The minimum atomic E-state index is -3.21. The van der Waals surface area contributed by atoms with Crippen LogP contribution in [-0.4, -0.2) is 35.9 Å². The van der Waals surface area contributed by atoms with Crippen LogP contribution >= 0.6 is 0 Å². The molecule has 0 radical (unpaired) electrons. The zero-order chi connectivity index (χ0) is 13.9. The van der Waals surface area contributed by atoms with Gasteiger partial charge in [0.2, 0.25) is 0 Å². The summed E-state index contributed by atoms with van der Waals surface area (Å²) in [7, 11) is -3.91. The minimum Gasteiger partial charge on any atom is -0.381 e. The Hall–Kier alpha value is -0.880. The first-order valence-corrected chi connectivity index (χ1v) is 9.60. The summed E-state index contributed by atoms with van der Waals surface area (Å²) in [4.78, 5) is 0.365. The quantitative estimate of drug-likeness (QED) is 0.921. The molecule has 1 fully saturated rings. The van der Waals surface area contributed by atoms with E-state index < -0.39 is 20.6 Å². The van der Waals surface area contributed by atoms with E-state index in [1.807, 2.05) is 6.07 Å². The zero-order valence-corrected chi connectivity index (χ0v) is 12.6. The lowest BCUT2D eigenvalue weighted by Gasteiger charge is -2.24. The van der Waals surface area contributed by atoms with Gasteiger partial charge < -0.3 is 5.32 Å². The smallest absolute Gasteiger partial charge is 0.180 e. The van der Waals surface area contributed by atoms with Crippen molar-refractivity contribution in [2.24, 2.45) is 0 Å². The van der Waals surface area contributed by atoms with Crippen LogP contribution in [0.5, 0.6) is 0 Å². The van der Waals surface area contributed by atoms with E-state index in [4.69, 9.17) is 0 Å². The molecule has 0 amide bonds. The molecule has 19 heavy (non-hydrogen) atoms. The molecule has 4 nitrogen and oxygen atoms in total. The molecular weight excluding hydrogens is 282 g/mol. The first kappa shape index (κ1) is 14.5. The molecule has 1 saturated heterocycles. The topological polar surface area (TPSA) is 63.2 Å². The van der Waals surface area contributed by atoms with Crippen LogP contribution in [0.1, 0.15) is 19.8 Å². The third kappa shape index (κ3) is 3.57. The van der Waals surface area contributed by atoms with Crippen LogP contribution in [0.3, 0.4) is 0 Å². The van der Waals surface area contributed by atoms with Crippen molar-refractivity contribution in [3.05, 3.63) is 24.3 Å². The molecule has 1 aromatic carbocycles. The lowest BCUT2D eigenvalue weighted by Crippen LogP contribution is -2.30. The van der Waals surface area contributed by atoms with Crippen LogP contribution in [0, 0.1) is 0 Å². The Bertz CT molecular complexity index is 559. The Morgan fingerprint density at radius 2 is 1.89 bits per heavy atom. The molecule has 0 saturated carbocycles. The number of nitrogens with one attached hydrogen (secondary N) is 1. The number of sulfone groups is 1. The number of anilines is 1. The van der Waals surface area contributed by atoms with E-state index in [1.54, 1.807) is 25.1 Å². The molecule has 1 aliphatic rings. The van der Waals surface area contributed by atoms with Gasteiger partial charge in [-0.3, -0.25) is 4.21 Å². The van der Waals surface area contributed by atoms with Crippen LogP contribution in [0.15, 0.2) is 29.2 Å². The molecule has 2 rings (SSSR count). The van der Waals surface area contributed by atoms with Crippen LogP contribution in [0.4, 0.5) is 5.69 Å². The molecule has 0 aromatic heterocycles. The van der Waals surface area contributed by atoms with Crippen molar-refractivity contribution in [3.63, 3.8) is 0 Å². The first-order valence-electron chi connectivity index (χ1n) is 6.46. The van der Waals surface area contributed by atoms with Crippen molar-refractivity contribution in [3.8, 4) is 0 Å². The molecule has 0 unspecified atom stereocenters. The van der Waals surface area contributed by atoms with Crippen molar-refractivity contribution in [1.29, 1.82) is 0 Å². The second kappa shape index (κ2) is 6.05. The molecule has 6 heteroatoms. The molecule has 0 spiro atoms. The highest BCUT2D eigenvalue weighted by Gasteiger charge is 2.21. The number of hydrogen-bond donors (Lipinski definition) is 1. The Kier molecular flexibility index (Phi) is 4.62. The minimum absolute atomic E-state index is 0.0976. The normalized spacial score (nSPS) is 24.1. The molecular formula is C13H19NO3S2. The summed E-state index contributed by atoms with van der Waals surface area (Å²) >= 11 is 0. The van der Waals surface area contributed by atoms with E-state index in [2.05, 4.69) is 5.32 Å². The summed E-state index contributed by atoms with van der Waals surface area (Å²) in [6.45, 7) is 1.65. The molecule has 0 aliphatic carbocycles. The second-order valence-corrected chi connectivity index (χ2v) is 8.61. The van der Waals surface area contributed by atoms with Gasteiger partial charge in [-0.1, -0.05) is 19.1 Å². The summed E-state index contributed by atoms with van der Waals surface area (Å²) in [5, 5.41) is 3.30. The highest BCUT2D eigenvalue weighted by Crippen LogP contribution is 2.24. The van der Waals surface area contributed by atoms with Gasteiger partial charge in [0, 0.05) is 28.3 Å². The second-order valence-electron chi connectivity index (χ2n) is 4.67. The van der Waals surface area contributed by atoms with Crippen LogP contribution < -0.4 is 5.32 Å². The molecule has 1 aromatic rings. The Labute approximate surface area is 117 Å². The third-order valence-corrected chi connectivity index (χ3v) is 6.52. The average Bonchev–Trinajstić information content (AvgIpc) is 2.42. The van der Waals surface area contributed by atoms with Crippen LogP contribution in [-0.2, 0) is 20.6 Å². The molecule has 1 N–H and O–H groups in total. The Balaban J connectivity index is 2.19. The van der Waals surface area contributed by atoms with Gasteiger partial charge in [-0.2, -0.15) is 0 Å². The summed E-state index contributed by atoms with van der Waals surface area (Å²) in [5.41, 5.74) is 0.669. The van der Waals surface area contributed by atoms with Gasteiger partial charge in [-0.05, 0) is 25.0 Å². The Morgan fingerprint density at radius 3 is 2.53 bits per heavy atom. The van der Waals surface area contributed by atoms with E-state index in [1.165, 1.54) is 0 Å². The van der Waals surface area contributed by atoms with Crippen molar-refractivity contribution < 1.29 is 12.6 Å². The molecule has 1 aliphatic heterocycles. The Morgan fingerprint density at radius 1 is 1.26 bits per heavy atom. The third-order valence-electron chi connectivity index (χ3n) is 3.35. The number of hydrogen-bond acceptors (Lipinski definition) is 4. The standard InChI is InChI=1S/C13H19NO3S2/c1-2-19(16,17)13-6-4-3-5-12(13)14-11-7-9-18(15)10-8-11/h3-6,11,14H,2,7-10H2,1H3. The monoisotopic (exact) mass is 301 g/mol. The lowest BCUT2D eigenvalue weighted by molar-refractivity contribution is 0.596. The summed E-state index contributed by atoms with van der Waals surface area (Å²) in [6.07, 6.45) is 1.65. The highest BCUT2D eigenvalue weighted by molar-refractivity contribution is 7.91. The first-order chi connectivity index (χ1) is 9.03. The number of rotatable bonds is 4. The van der Waals surface area contributed by atoms with Crippen molar-refractivity contribution >= 4 is 26.3 Å². The molecule has 1 heterocycles. The van der Waals surface area contributed by atoms with Gasteiger partial charge in [0.15, 0.2) is 9.84 Å². The predicted octanol–water partition coefficient (Wildman–Crippen LogP) is 1.80.